The van der Waals surface area contributed by atoms with Crippen molar-refractivity contribution in [1.82, 2.24) is 0 Å². The van der Waals surface area contributed by atoms with Gasteiger partial charge in [0.15, 0.2) is 0 Å². The van der Waals surface area contributed by atoms with Gasteiger partial charge in [-0.1, -0.05) is 58.9 Å². The Kier molecular flexibility index (Phi) is 5.78. The molecule has 0 aliphatic rings. The number of aryl methyl sites for hydroxylation is 1. The van der Waals surface area contributed by atoms with Gasteiger partial charge < -0.3 is 0 Å². The highest BCUT2D eigenvalue weighted by Crippen LogP contribution is 2.26. The molecule has 1 atom stereocenters. The van der Waals surface area contributed by atoms with Crippen LogP contribution < -0.4 is 0 Å². The Morgan fingerprint density at radius 3 is 2.11 bits per heavy atom. The van der Waals surface area contributed by atoms with Crippen molar-refractivity contribution >= 4 is 5.78 Å². The SMILES string of the molecule is CCc1ccc(CC(=O)CC(C)CC(C)(C)C)cc1. The standard InChI is InChI=1S/C18H28O/c1-6-15-7-9-16(10-8-15)12-17(19)11-14(2)13-18(3,4)5/h7-10,14H,6,11-13H2,1-5H3. The van der Waals surface area contributed by atoms with E-state index in [-0.39, 0.29) is 0 Å². The molecule has 0 bridgehead atoms. The Morgan fingerprint density at radius 1 is 1.11 bits per heavy atom. The summed E-state index contributed by atoms with van der Waals surface area (Å²) in [4.78, 5) is 12.1. The Bertz CT molecular complexity index is 395. The van der Waals surface area contributed by atoms with E-state index in [0.29, 0.717) is 30.0 Å². The molecule has 0 aromatic heterocycles. The minimum atomic E-state index is 0.308. The quantitative estimate of drug-likeness (QED) is 0.716. The molecule has 1 heteroatoms. The summed E-state index contributed by atoms with van der Waals surface area (Å²) in [5, 5.41) is 0. The molecule has 0 heterocycles. The highest BCUT2D eigenvalue weighted by atomic mass is 16.1. The Morgan fingerprint density at radius 2 is 1.63 bits per heavy atom. The van der Waals surface area contributed by atoms with Gasteiger partial charge in [0.25, 0.3) is 0 Å². The van der Waals surface area contributed by atoms with Crippen molar-refractivity contribution in [1.29, 1.82) is 0 Å². The maximum atomic E-state index is 12.1. The second kappa shape index (κ2) is 6.88. The fraction of sp³-hybridized carbons (Fsp3) is 0.611. The zero-order chi connectivity index (χ0) is 14.5. The number of rotatable bonds is 6. The van der Waals surface area contributed by atoms with Crippen molar-refractivity contribution in [3.8, 4) is 0 Å². The fourth-order valence-corrected chi connectivity index (χ4v) is 2.70. The zero-order valence-corrected chi connectivity index (χ0v) is 13.1. The molecule has 1 aromatic carbocycles. The van der Waals surface area contributed by atoms with E-state index in [1.807, 2.05) is 0 Å². The van der Waals surface area contributed by atoms with Gasteiger partial charge in [0.05, 0.1) is 0 Å². The summed E-state index contributed by atoms with van der Waals surface area (Å²) in [6.07, 6.45) is 3.44. The van der Waals surface area contributed by atoms with E-state index < -0.39 is 0 Å². The summed E-state index contributed by atoms with van der Waals surface area (Å²) >= 11 is 0. The third-order valence-corrected chi connectivity index (χ3v) is 3.37. The average Bonchev–Trinajstić information content (AvgIpc) is 2.27. The van der Waals surface area contributed by atoms with Crippen molar-refractivity contribution < 1.29 is 4.79 Å². The van der Waals surface area contributed by atoms with Crippen LogP contribution >= 0.6 is 0 Å². The monoisotopic (exact) mass is 260 g/mol. The molecular weight excluding hydrogens is 232 g/mol. The molecule has 0 aliphatic heterocycles. The number of hydrogen-bond donors (Lipinski definition) is 0. The summed E-state index contributed by atoms with van der Waals surface area (Å²) in [6, 6.07) is 8.43. The molecule has 106 valence electrons. The molecule has 0 radical (unpaired) electrons. The van der Waals surface area contributed by atoms with Gasteiger partial charge in [-0.3, -0.25) is 4.79 Å². The third-order valence-electron chi connectivity index (χ3n) is 3.37. The lowest BCUT2D eigenvalue weighted by atomic mass is 9.83. The number of benzene rings is 1. The third kappa shape index (κ3) is 6.56. The van der Waals surface area contributed by atoms with Crippen LogP contribution in [-0.4, -0.2) is 5.78 Å². The summed E-state index contributed by atoms with van der Waals surface area (Å²) < 4.78 is 0. The lowest BCUT2D eigenvalue weighted by Gasteiger charge is -2.22. The Balaban J connectivity index is 2.46. The maximum absolute atomic E-state index is 12.1. The van der Waals surface area contributed by atoms with Crippen LogP contribution in [0.15, 0.2) is 24.3 Å². The van der Waals surface area contributed by atoms with Crippen LogP contribution in [0, 0.1) is 11.3 Å². The molecule has 19 heavy (non-hydrogen) atoms. The second-order valence-electron chi connectivity index (χ2n) is 6.96. The molecule has 0 saturated heterocycles. The topological polar surface area (TPSA) is 17.1 Å². The molecule has 1 nitrogen and oxygen atoms in total. The van der Waals surface area contributed by atoms with Crippen LogP contribution in [0.3, 0.4) is 0 Å². The highest BCUT2D eigenvalue weighted by Gasteiger charge is 2.17. The molecule has 0 aliphatic carbocycles. The summed E-state index contributed by atoms with van der Waals surface area (Å²) in [7, 11) is 0. The van der Waals surface area contributed by atoms with Crippen molar-refractivity contribution in [2.24, 2.45) is 11.3 Å². The van der Waals surface area contributed by atoms with Crippen LogP contribution in [0.1, 0.15) is 58.6 Å². The van der Waals surface area contributed by atoms with Crippen LogP contribution in [-0.2, 0) is 17.6 Å². The van der Waals surface area contributed by atoms with E-state index in [9.17, 15) is 4.79 Å². The van der Waals surface area contributed by atoms with Crippen molar-refractivity contribution in [3.05, 3.63) is 35.4 Å². The van der Waals surface area contributed by atoms with Crippen molar-refractivity contribution in [2.45, 2.75) is 60.3 Å². The normalized spacial score (nSPS) is 13.3. The first-order valence-electron chi connectivity index (χ1n) is 7.39. The van der Waals surface area contributed by atoms with Crippen LogP contribution in [0.25, 0.3) is 0 Å². The van der Waals surface area contributed by atoms with E-state index in [1.165, 1.54) is 5.56 Å². The minimum absolute atomic E-state index is 0.308. The first-order chi connectivity index (χ1) is 8.80. The molecule has 0 N–H and O–H groups in total. The first-order valence-corrected chi connectivity index (χ1v) is 7.39. The van der Waals surface area contributed by atoms with Crippen LogP contribution in [0.5, 0.6) is 0 Å². The molecular formula is C18H28O. The van der Waals surface area contributed by atoms with Gasteiger partial charge in [-0.15, -0.1) is 0 Å². The van der Waals surface area contributed by atoms with E-state index in [2.05, 4.69) is 58.9 Å². The van der Waals surface area contributed by atoms with Gasteiger partial charge in [0.1, 0.15) is 5.78 Å². The van der Waals surface area contributed by atoms with Crippen LogP contribution in [0.4, 0.5) is 0 Å². The summed E-state index contributed by atoms with van der Waals surface area (Å²) in [5.74, 6) is 0.836. The molecule has 0 fully saturated rings. The molecule has 1 aromatic rings. The van der Waals surface area contributed by atoms with E-state index >= 15 is 0 Å². The van der Waals surface area contributed by atoms with Gasteiger partial charge in [0, 0.05) is 12.8 Å². The molecule has 0 saturated carbocycles. The second-order valence-corrected chi connectivity index (χ2v) is 6.96. The predicted molar refractivity (Wildman–Crippen MR) is 82.4 cm³/mol. The number of carbonyl (C=O) groups excluding carboxylic acids is 1. The first kappa shape index (κ1) is 15.9. The van der Waals surface area contributed by atoms with E-state index in [1.54, 1.807) is 0 Å². The fourth-order valence-electron chi connectivity index (χ4n) is 2.70. The molecule has 0 amide bonds. The molecule has 1 unspecified atom stereocenters. The highest BCUT2D eigenvalue weighted by molar-refractivity contribution is 5.81. The zero-order valence-electron chi connectivity index (χ0n) is 13.1. The van der Waals surface area contributed by atoms with Gasteiger partial charge >= 0.3 is 0 Å². The van der Waals surface area contributed by atoms with Gasteiger partial charge in [-0.2, -0.15) is 0 Å². The van der Waals surface area contributed by atoms with Crippen molar-refractivity contribution in [2.75, 3.05) is 0 Å². The minimum Gasteiger partial charge on any atom is -0.299 e. The lowest BCUT2D eigenvalue weighted by molar-refractivity contribution is -0.119. The number of carbonyl (C=O) groups is 1. The van der Waals surface area contributed by atoms with E-state index in [0.717, 1.165) is 18.4 Å². The number of Topliss-reactive ketones (excluding diaryl/α,β-unsaturated/α-hetero) is 1. The summed E-state index contributed by atoms with van der Waals surface area (Å²) in [5.41, 5.74) is 2.78. The van der Waals surface area contributed by atoms with Crippen molar-refractivity contribution in [3.63, 3.8) is 0 Å². The molecule has 1 rings (SSSR count). The Labute approximate surface area is 118 Å². The lowest BCUT2D eigenvalue weighted by Crippen LogP contribution is -2.15. The van der Waals surface area contributed by atoms with Gasteiger partial charge in [0.2, 0.25) is 0 Å². The van der Waals surface area contributed by atoms with Gasteiger partial charge in [-0.25, -0.2) is 0 Å². The van der Waals surface area contributed by atoms with Crippen LogP contribution in [0.2, 0.25) is 0 Å². The Hall–Kier alpha value is -1.11. The van der Waals surface area contributed by atoms with E-state index in [4.69, 9.17) is 0 Å². The average molecular weight is 260 g/mol. The molecule has 0 spiro atoms. The number of hydrogen-bond acceptors (Lipinski definition) is 1. The number of ketones is 1. The predicted octanol–water partition coefficient (Wildman–Crippen LogP) is 4.82. The summed E-state index contributed by atoms with van der Waals surface area (Å²) in [6.45, 7) is 11.0. The smallest absolute Gasteiger partial charge is 0.137 e. The largest absolute Gasteiger partial charge is 0.299 e. The van der Waals surface area contributed by atoms with Gasteiger partial charge in [-0.05, 0) is 35.3 Å². The maximum Gasteiger partial charge on any atom is 0.137 e.